The molecule has 0 aromatic heterocycles. The summed E-state index contributed by atoms with van der Waals surface area (Å²) in [5, 5.41) is 10.6. The average Bonchev–Trinajstić information content (AvgIpc) is 1.03. The molecule has 0 saturated heterocycles. The Morgan fingerprint density at radius 2 is 0.465 bits per heavy atom. The van der Waals surface area contributed by atoms with Crippen molar-refractivity contribution in [1.29, 1.82) is 0 Å². The molecule has 0 amide bonds. The van der Waals surface area contributed by atoms with E-state index < -0.39 is 97.5 Å². The summed E-state index contributed by atoms with van der Waals surface area (Å²) in [6, 6.07) is 0. The first-order chi connectivity index (χ1) is 48.0. The molecular weight excluding hydrogens is 1290 g/mol. The Morgan fingerprint density at radius 1 is 0.273 bits per heavy atom. The van der Waals surface area contributed by atoms with Crippen LogP contribution in [0.15, 0.2) is 0 Å². The van der Waals surface area contributed by atoms with Gasteiger partial charge in [0.2, 0.25) is 0 Å². The van der Waals surface area contributed by atoms with E-state index in [1.54, 1.807) is 0 Å². The fraction of sp³-hybridized carbons (Fsp3) is 0.950. The quantitative estimate of drug-likeness (QED) is 0.0222. The van der Waals surface area contributed by atoms with Crippen LogP contribution in [0.25, 0.3) is 0 Å². The zero-order chi connectivity index (χ0) is 72.7. The van der Waals surface area contributed by atoms with Gasteiger partial charge in [-0.15, -0.1) is 0 Å². The highest BCUT2D eigenvalue weighted by Crippen LogP contribution is 2.45. The maximum Gasteiger partial charge on any atom is 0.472 e. The molecule has 3 N–H and O–H groups in total. The largest absolute Gasteiger partial charge is 0.472 e. The third-order valence-corrected chi connectivity index (χ3v) is 20.7. The van der Waals surface area contributed by atoms with Crippen LogP contribution in [-0.2, 0) is 65.4 Å². The molecule has 0 aliphatic carbocycles. The standard InChI is InChI=1S/C80H156O17P2/c1-6-9-12-15-18-21-23-25-27-28-29-30-31-32-36-41-46-51-56-61-66-80(85)97-76(70-91-78(83)64-59-54-49-44-39-37-33-34-38-43-47-52-57-62-73(4)5)72-95-99(88,89)93-68-74(81)67-92-98(86,87)94-71-75(69-90-77(82)63-58-53-48-42-20-17-14-11-8-3)96-79(84)65-60-55-50-45-40-35-26-24-22-19-16-13-10-7-2/h73-76,81H,6-72H2,1-5H3,(H,86,87)(H,88,89)/t74-,75+,76+/m0/s1. The van der Waals surface area contributed by atoms with Crippen molar-refractivity contribution in [2.75, 3.05) is 39.6 Å². The van der Waals surface area contributed by atoms with Crippen molar-refractivity contribution in [2.45, 2.75) is 445 Å². The van der Waals surface area contributed by atoms with E-state index in [4.69, 9.17) is 37.0 Å². The number of phosphoric ester groups is 2. The zero-order valence-electron chi connectivity index (χ0n) is 64.6. The number of rotatable bonds is 80. The van der Waals surface area contributed by atoms with Crippen molar-refractivity contribution in [3.8, 4) is 0 Å². The third kappa shape index (κ3) is 74.1. The average molecular weight is 1450 g/mol. The number of hydrogen-bond donors (Lipinski definition) is 3. The van der Waals surface area contributed by atoms with Gasteiger partial charge in [-0.05, 0) is 31.6 Å². The molecule has 19 heteroatoms. The van der Waals surface area contributed by atoms with E-state index in [1.807, 2.05) is 0 Å². The predicted octanol–water partition coefficient (Wildman–Crippen LogP) is 24.0. The lowest BCUT2D eigenvalue weighted by atomic mass is 10.0. The Morgan fingerprint density at radius 3 is 0.687 bits per heavy atom. The van der Waals surface area contributed by atoms with Crippen molar-refractivity contribution >= 4 is 39.5 Å². The second kappa shape index (κ2) is 73.0. The number of hydrogen-bond acceptors (Lipinski definition) is 15. The van der Waals surface area contributed by atoms with Gasteiger partial charge in [-0.1, -0.05) is 375 Å². The van der Waals surface area contributed by atoms with Gasteiger partial charge in [0.05, 0.1) is 26.4 Å². The number of carbonyl (C=O) groups excluding carboxylic acids is 4. The van der Waals surface area contributed by atoms with Crippen molar-refractivity contribution in [3.63, 3.8) is 0 Å². The Kier molecular flexibility index (Phi) is 71.6. The first-order valence-corrected chi connectivity index (χ1v) is 44.6. The summed E-state index contributed by atoms with van der Waals surface area (Å²) in [6.45, 7) is 7.33. The molecule has 588 valence electrons. The minimum Gasteiger partial charge on any atom is -0.462 e. The molecule has 0 aromatic carbocycles. The van der Waals surface area contributed by atoms with Gasteiger partial charge in [0.15, 0.2) is 12.2 Å². The highest BCUT2D eigenvalue weighted by molar-refractivity contribution is 7.47. The first-order valence-electron chi connectivity index (χ1n) is 41.6. The summed E-state index contributed by atoms with van der Waals surface area (Å²) >= 11 is 0. The molecule has 99 heavy (non-hydrogen) atoms. The normalized spacial score (nSPS) is 13.9. The second-order valence-electron chi connectivity index (χ2n) is 29.3. The summed E-state index contributed by atoms with van der Waals surface area (Å²) in [5.74, 6) is -1.32. The molecule has 0 heterocycles. The third-order valence-electron chi connectivity index (χ3n) is 18.8. The molecule has 0 saturated carbocycles. The van der Waals surface area contributed by atoms with Gasteiger partial charge in [0.1, 0.15) is 19.3 Å². The van der Waals surface area contributed by atoms with Crippen LogP contribution >= 0.6 is 15.6 Å². The number of unbranched alkanes of at least 4 members (excludes halogenated alkanes) is 52. The SMILES string of the molecule is CCCCCCCCCCCCCCCCCCCCCCC(=O)O[C@H](COC(=O)CCCCCCCCCCCCCCCC(C)C)COP(=O)(O)OC[C@@H](O)COP(=O)(O)OC[C@@H](COC(=O)CCCCCCCCCCC)OC(=O)CCCCCCCCCCCCCCCC. The van der Waals surface area contributed by atoms with Gasteiger partial charge in [0.25, 0.3) is 0 Å². The van der Waals surface area contributed by atoms with Crippen LogP contribution in [0.1, 0.15) is 426 Å². The predicted molar refractivity (Wildman–Crippen MR) is 405 cm³/mol. The summed E-state index contributed by atoms with van der Waals surface area (Å²) in [7, 11) is -9.91. The van der Waals surface area contributed by atoms with Crippen molar-refractivity contribution in [1.82, 2.24) is 0 Å². The minimum absolute atomic E-state index is 0.108. The fourth-order valence-electron chi connectivity index (χ4n) is 12.4. The molecule has 0 fully saturated rings. The number of esters is 4. The molecule has 5 atom stereocenters. The van der Waals surface area contributed by atoms with E-state index in [2.05, 4.69) is 34.6 Å². The number of ether oxygens (including phenoxy) is 4. The Labute approximate surface area is 607 Å². The molecular formula is C80H156O17P2. The monoisotopic (exact) mass is 1450 g/mol. The molecule has 0 aliphatic rings. The summed E-state index contributed by atoms with van der Waals surface area (Å²) in [4.78, 5) is 72.9. The summed E-state index contributed by atoms with van der Waals surface area (Å²) in [6.07, 6.45) is 63.8. The van der Waals surface area contributed by atoms with Crippen LogP contribution in [-0.4, -0.2) is 96.7 Å². The molecule has 0 bridgehead atoms. The first kappa shape index (κ1) is 97.1. The van der Waals surface area contributed by atoms with Gasteiger partial charge in [0, 0.05) is 25.7 Å². The van der Waals surface area contributed by atoms with Crippen LogP contribution < -0.4 is 0 Å². The molecule has 0 spiro atoms. The smallest absolute Gasteiger partial charge is 0.462 e. The fourth-order valence-corrected chi connectivity index (χ4v) is 14.0. The van der Waals surface area contributed by atoms with E-state index in [9.17, 15) is 43.2 Å². The van der Waals surface area contributed by atoms with Crippen LogP contribution in [0.2, 0.25) is 0 Å². The molecule has 0 rings (SSSR count). The number of aliphatic hydroxyl groups is 1. The zero-order valence-corrected chi connectivity index (χ0v) is 66.4. The van der Waals surface area contributed by atoms with Crippen LogP contribution in [0.5, 0.6) is 0 Å². The topological polar surface area (TPSA) is 237 Å². The molecule has 0 radical (unpaired) electrons. The van der Waals surface area contributed by atoms with E-state index in [0.29, 0.717) is 25.7 Å². The van der Waals surface area contributed by atoms with Crippen molar-refractivity contribution < 1.29 is 80.2 Å². The lowest BCUT2D eigenvalue weighted by molar-refractivity contribution is -0.161. The minimum atomic E-state index is -4.96. The number of carbonyl (C=O) groups is 4. The summed E-state index contributed by atoms with van der Waals surface area (Å²) in [5.41, 5.74) is 0. The van der Waals surface area contributed by atoms with E-state index in [1.165, 1.54) is 250 Å². The summed E-state index contributed by atoms with van der Waals surface area (Å²) < 4.78 is 68.6. The second-order valence-corrected chi connectivity index (χ2v) is 32.2. The van der Waals surface area contributed by atoms with Crippen LogP contribution in [0, 0.1) is 5.92 Å². The van der Waals surface area contributed by atoms with Crippen LogP contribution in [0.4, 0.5) is 0 Å². The maximum absolute atomic E-state index is 13.1. The maximum atomic E-state index is 13.1. The Balaban J connectivity index is 5.21. The Bertz CT molecular complexity index is 1890. The van der Waals surface area contributed by atoms with Gasteiger partial charge >= 0.3 is 39.5 Å². The van der Waals surface area contributed by atoms with Crippen LogP contribution in [0.3, 0.4) is 0 Å². The van der Waals surface area contributed by atoms with Gasteiger partial charge in [-0.25, -0.2) is 9.13 Å². The van der Waals surface area contributed by atoms with Gasteiger partial charge in [-0.2, -0.15) is 0 Å². The van der Waals surface area contributed by atoms with Crippen molar-refractivity contribution in [3.05, 3.63) is 0 Å². The lowest BCUT2D eigenvalue weighted by Crippen LogP contribution is -2.30. The highest BCUT2D eigenvalue weighted by Gasteiger charge is 2.30. The lowest BCUT2D eigenvalue weighted by Gasteiger charge is -2.21. The number of aliphatic hydroxyl groups excluding tert-OH is 1. The van der Waals surface area contributed by atoms with Crippen molar-refractivity contribution in [2.24, 2.45) is 5.92 Å². The van der Waals surface area contributed by atoms with E-state index in [0.717, 1.165) is 95.8 Å². The highest BCUT2D eigenvalue weighted by atomic mass is 31.2. The van der Waals surface area contributed by atoms with E-state index in [-0.39, 0.29) is 25.7 Å². The van der Waals surface area contributed by atoms with E-state index >= 15 is 0 Å². The molecule has 0 aliphatic heterocycles. The molecule has 0 aromatic rings. The van der Waals surface area contributed by atoms with Gasteiger partial charge < -0.3 is 33.8 Å². The molecule has 2 unspecified atom stereocenters. The van der Waals surface area contributed by atoms with Gasteiger partial charge in [-0.3, -0.25) is 37.3 Å². The Hall–Kier alpha value is -1.94. The molecule has 17 nitrogen and oxygen atoms in total. The number of phosphoric acid groups is 2.